The van der Waals surface area contributed by atoms with Gasteiger partial charge >= 0.3 is 0 Å². The van der Waals surface area contributed by atoms with Crippen LogP contribution >= 0.6 is 24.0 Å². The number of amides is 1. The monoisotopic (exact) mass is 820 g/mol. The van der Waals surface area contributed by atoms with Crippen molar-refractivity contribution >= 4 is 41.8 Å². The van der Waals surface area contributed by atoms with Crippen LogP contribution in [0.5, 0.6) is 0 Å². The first kappa shape index (κ1) is 39.3. The van der Waals surface area contributed by atoms with Crippen molar-refractivity contribution in [3.05, 3.63) is 141 Å². The molecule has 1 amide bonds. The van der Waals surface area contributed by atoms with Gasteiger partial charge in [0.2, 0.25) is 17.8 Å². The molecule has 0 bridgehead atoms. The average Bonchev–Trinajstić information content (AvgIpc) is 3.86. The smallest absolute Gasteiger partial charge is 0.255 e. The van der Waals surface area contributed by atoms with E-state index in [-0.39, 0.29) is 54.3 Å². The number of carbonyl (C=O) groups is 1. The first-order valence-electron chi connectivity index (χ1n) is 16.6. The fraction of sp³-hybridized carbons (Fsp3) is 0.237. The lowest BCUT2D eigenvalue weighted by molar-refractivity contribution is -0.118. The van der Waals surface area contributed by atoms with Gasteiger partial charge in [-0.15, -0.1) is 24.0 Å². The van der Waals surface area contributed by atoms with E-state index in [9.17, 15) is 14.4 Å². The second-order valence-corrected chi connectivity index (χ2v) is 11.8. The van der Waals surface area contributed by atoms with Crippen LogP contribution in [0.3, 0.4) is 0 Å². The Morgan fingerprint density at radius 1 is 0.712 bits per heavy atom. The third kappa shape index (κ3) is 11.0. The molecule has 0 saturated heterocycles. The molecule has 0 saturated carbocycles. The number of hydrogen-bond donors (Lipinski definition) is 4. The van der Waals surface area contributed by atoms with E-state index in [1.54, 1.807) is 12.5 Å². The molecule has 0 aliphatic rings. The quantitative estimate of drug-likeness (QED) is 0.118. The van der Waals surface area contributed by atoms with Crippen LogP contribution in [0, 0.1) is 0 Å². The number of rotatable bonds is 13. The highest BCUT2D eigenvalue weighted by Gasteiger charge is 2.09. The van der Waals surface area contributed by atoms with Crippen molar-refractivity contribution in [2.75, 3.05) is 24.6 Å². The normalized spacial score (nSPS) is 10.6. The van der Waals surface area contributed by atoms with Gasteiger partial charge in [-0.2, -0.15) is 0 Å². The second kappa shape index (κ2) is 19.2. The summed E-state index contributed by atoms with van der Waals surface area (Å²) in [5, 5.41) is 2.64. The van der Waals surface area contributed by atoms with E-state index >= 15 is 0 Å². The first-order valence-corrected chi connectivity index (χ1v) is 16.6. The number of nitrogens with two attached hydrogens (primary N) is 3. The molecule has 14 heteroatoms. The molecule has 0 aliphatic heterocycles. The zero-order valence-corrected chi connectivity index (χ0v) is 31.2. The van der Waals surface area contributed by atoms with Crippen LogP contribution in [0.4, 0.5) is 11.9 Å². The number of aromatic nitrogens is 4. The standard InChI is InChI=1S/C20H22N4O3.C18H20N4O2.HI.H2/c1-14(25)22-9-10-24-19(26)13-17(23-20(24)21)8-7-15-4-2-5-16(12-15)18-6-3-11-27-18;19-8-9-22-17(23)12-15(21-18(22)20)7-6-13-3-1-4-14(11-13)16-5-2-10-24-16;;/h2-6,11-13H,7-10H2,1H3,(H2,21,23)(H,22,25);1-5,10-12H,6-9,19H2,(H2,20,21);2*1H. The molecular formula is C38H45IN8O5. The highest BCUT2D eigenvalue weighted by atomic mass is 127. The molecule has 6 rings (SSSR count). The minimum atomic E-state index is -0.216. The molecule has 13 nitrogen and oxygen atoms in total. The number of carbonyl (C=O) groups excluding carboxylic acids is 1. The maximum Gasteiger partial charge on any atom is 0.255 e. The van der Waals surface area contributed by atoms with Gasteiger partial charge in [-0.25, -0.2) is 9.97 Å². The van der Waals surface area contributed by atoms with Gasteiger partial charge in [0.15, 0.2) is 0 Å². The Kier molecular flexibility index (Phi) is 14.5. The Bertz CT molecular complexity index is 2170. The molecule has 52 heavy (non-hydrogen) atoms. The third-order valence-electron chi connectivity index (χ3n) is 8.05. The van der Waals surface area contributed by atoms with Crippen molar-refractivity contribution in [3.8, 4) is 22.6 Å². The minimum Gasteiger partial charge on any atom is -0.464 e. The molecule has 0 unspecified atom stereocenters. The third-order valence-corrected chi connectivity index (χ3v) is 8.05. The van der Waals surface area contributed by atoms with Gasteiger partial charge in [0, 0.05) is 57.8 Å². The molecule has 0 fully saturated rings. The zero-order valence-electron chi connectivity index (χ0n) is 28.9. The zero-order chi connectivity index (χ0) is 36.2. The van der Waals surface area contributed by atoms with Gasteiger partial charge in [-0.05, 0) is 73.2 Å². The molecule has 6 aromatic rings. The van der Waals surface area contributed by atoms with Crippen LogP contribution in [0.25, 0.3) is 22.6 Å². The Labute approximate surface area is 319 Å². The van der Waals surface area contributed by atoms with Crippen molar-refractivity contribution in [1.82, 2.24) is 24.4 Å². The molecule has 4 aromatic heterocycles. The van der Waals surface area contributed by atoms with Crippen LogP contribution in [0.15, 0.2) is 116 Å². The Balaban J connectivity index is 0.000000277. The van der Waals surface area contributed by atoms with E-state index in [0.717, 1.165) is 46.6 Å². The maximum atomic E-state index is 12.3. The molecule has 0 atom stereocenters. The number of nitrogen functional groups attached to an aromatic ring is 2. The van der Waals surface area contributed by atoms with Gasteiger partial charge in [0.05, 0.1) is 23.9 Å². The lowest BCUT2D eigenvalue weighted by Crippen LogP contribution is -2.31. The van der Waals surface area contributed by atoms with E-state index in [2.05, 4.69) is 27.4 Å². The van der Waals surface area contributed by atoms with Crippen molar-refractivity contribution < 1.29 is 15.1 Å². The van der Waals surface area contributed by atoms with E-state index in [1.165, 1.54) is 28.2 Å². The predicted octanol–water partition coefficient (Wildman–Crippen LogP) is 4.70. The van der Waals surface area contributed by atoms with Crippen LogP contribution in [-0.4, -0.2) is 38.1 Å². The number of aryl methyl sites for hydroxylation is 4. The lowest BCUT2D eigenvalue weighted by atomic mass is 10.0. The summed E-state index contributed by atoms with van der Waals surface area (Å²) < 4.78 is 13.6. The highest BCUT2D eigenvalue weighted by molar-refractivity contribution is 14.0. The van der Waals surface area contributed by atoms with Gasteiger partial charge in [0.25, 0.3) is 11.1 Å². The number of anilines is 2. The molecule has 7 N–H and O–H groups in total. The number of nitrogens with zero attached hydrogens (tertiary/aromatic N) is 4. The highest BCUT2D eigenvalue weighted by Crippen LogP contribution is 2.22. The van der Waals surface area contributed by atoms with Crippen molar-refractivity contribution in [3.63, 3.8) is 0 Å². The van der Waals surface area contributed by atoms with E-state index in [4.69, 9.17) is 26.0 Å². The summed E-state index contributed by atoms with van der Waals surface area (Å²) in [4.78, 5) is 43.9. The molecule has 0 aliphatic carbocycles. The number of hydrogen-bond acceptors (Lipinski definition) is 10. The fourth-order valence-electron chi connectivity index (χ4n) is 5.52. The minimum absolute atomic E-state index is 0. The second-order valence-electron chi connectivity index (χ2n) is 11.8. The Morgan fingerprint density at radius 2 is 1.19 bits per heavy atom. The molecule has 274 valence electrons. The summed E-state index contributed by atoms with van der Waals surface area (Å²) in [6.45, 7) is 2.78. The topological polar surface area (TPSA) is 203 Å². The van der Waals surface area contributed by atoms with Crippen molar-refractivity contribution in [1.29, 1.82) is 0 Å². The summed E-state index contributed by atoms with van der Waals surface area (Å²) in [6, 6.07) is 26.8. The molecule has 0 spiro atoms. The van der Waals surface area contributed by atoms with Crippen LogP contribution in [-0.2, 0) is 43.6 Å². The average molecular weight is 821 g/mol. The van der Waals surface area contributed by atoms with Gasteiger partial charge in [0.1, 0.15) is 11.5 Å². The fourth-order valence-corrected chi connectivity index (χ4v) is 5.52. The molecule has 2 aromatic carbocycles. The SMILES string of the molecule is CC(=O)NCCn1c(N)nc(CCc2cccc(-c3ccco3)c2)cc1=O.I.NCCn1c(N)nc(CCc2cccc(-c3ccco3)c2)cc1=O.[HH]. The summed E-state index contributed by atoms with van der Waals surface area (Å²) in [6.07, 6.45) is 6.05. The van der Waals surface area contributed by atoms with E-state index in [1.807, 2.05) is 60.7 Å². The number of nitrogens with one attached hydrogen (secondary N) is 1. The lowest BCUT2D eigenvalue weighted by Gasteiger charge is -2.10. The van der Waals surface area contributed by atoms with Gasteiger partial charge in [-0.3, -0.25) is 23.5 Å². The number of furan rings is 2. The first-order chi connectivity index (χ1) is 24.7. The van der Waals surface area contributed by atoms with Crippen molar-refractivity contribution in [2.45, 2.75) is 45.7 Å². The van der Waals surface area contributed by atoms with Crippen molar-refractivity contribution in [2.24, 2.45) is 5.73 Å². The van der Waals surface area contributed by atoms with Crippen LogP contribution in [0.2, 0.25) is 0 Å². The summed E-state index contributed by atoms with van der Waals surface area (Å²) in [5.74, 6) is 1.88. The predicted molar refractivity (Wildman–Crippen MR) is 214 cm³/mol. The molecule has 4 heterocycles. The summed E-state index contributed by atoms with van der Waals surface area (Å²) in [7, 11) is 0. The van der Waals surface area contributed by atoms with Gasteiger partial charge in [-0.1, -0.05) is 36.4 Å². The van der Waals surface area contributed by atoms with E-state index < -0.39 is 0 Å². The summed E-state index contributed by atoms with van der Waals surface area (Å²) >= 11 is 0. The molecular weight excluding hydrogens is 775 g/mol. The number of benzene rings is 2. The number of halogens is 1. The molecule has 0 radical (unpaired) electrons. The Hall–Kier alpha value is -5.48. The summed E-state index contributed by atoms with van der Waals surface area (Å²) in [5.41, 5.74) is 22.5. The van der Waals surface area contributed by atoms with Gasteiger partial charge < -0.3 is 31.4 Å². The Morgan fingerprint density at radius 3 is 1.60 bits per heavy atom. The largest absolute Gasteiger partial charge is 0.464 e. The van der Waals surface area contributed by atoms with Crippen LogP contribution < -0.4 is 33.6 Å². The van der Waals surface area contributed by atoms with Crippen LogP contribution in [0.1, 0.15) is 30.9 Å². The van der Waals surface area contributed by atoms with E-state index in [0.29, 0.717) is 50.4 Å². The maximum absolute atomic E-state index is 12.3.